The Bertz CT molecular complexity index is 439. The molecule has 0 aliphatic heterocycles. The average Bonchev–Trinajstić information content (AvgIpc) is 2.68. The summed E-state index contributed by atoms with van der Waals surface area (Å²) in [6.07, 6.45) is 2.92. The van der Waals surface area contributed by atoms with E-state index in [1.165, 1.54) is 6.21 Å². The van der Waals surface area contributed by atoms with Crippen molar-refractivity contribution in [3.63, 3.8) is 0 Å². The van der Waals surface area contributed by atoms with Gasteiger partial charge in [0.1, 0.15) is 5.82 Å². The molecule has 15 heavy (non-hydrogen) atoms. The van der Waals surface area contributed by atoms with Crippen molar-refractivity contribution in [2.24, 2.45) is 5.16 Å². The van der Waals surface area contributed by atoms with Crippen LogP contribution in [0.1, 0.15) is 5.69 Å². The summed E-state index contributed by atoms with van der Waals surface area (Å²) >= 11 is 0. The van der Waals surface area contributed by atoms with Gasteiger partial charge in [-0.1, -0.05) is 35.5 Å². The molecule has 0 spiro atoms. The van der Waals surface area contributed by atoms with Crippen molar-refractivity contribution in [2.45, 2.75) is 0 Å². The smallest absolute Gasteiger partial charge is 0.137 e. The molecule has 0 saturated heterocycles. The number of hydrogen-bond donors (Lipinski definition) is 2. The van der Waals surface area contributed by atoms with Crippen LogP contribution in [-0.4, -0.2) is 21.4 Å². The van der Waals surface area contributed by atoms with Crippen LogP contribution in [0.2, 0.25) is 0 Å². The van der Waals surface area contributed by atoms with Gasteiger partial charge in [-0.15, -0.1) is 0 Å². The van der Waals surface area contributed by atoms with Crippen LogP contribution in [0, 0.1) is 0 Å². The lowest BCUT2D eigenvalue weighted by Gasteiger charge is -1.93. The standard InChI is InChI=1S/C10H9N3O.ClH/c14-12-7-9-6-11-10(13-9)8-4-2-1-3-5-8;/h1-7,14H,(H,11,13);1H/p-1/b12-7+;. The Labute approximate surface area is 93.1 Å². The third-order valence-corrected chi connectivity index (χ3v) is 1.84. The molecule has 0 fully saturated rings. The van der Waals surface area contributed by atoms with Gasteiger partial charge in [-0.25, -0.2) is 4.98 Å². The molecule has 0 radical (unpaired) electrons. The van der Waals surface area contributed by atoms with E-state index in [0.29, 0.717) is 5.69 Å². The van der Waals surface area contributed by atoms with Crippen molar-refractivity contribution in [3.05, 3.63) is 42.2 Å². The number of nitrogens with one attached hydrogen (secondary N) is 1. The van der Waals surface area contributed by atoms with Crippen molar-refractivity contribution in [1.29, 1.82) is 0 Å². The number of oxime groups is 1. The van der Waals surface area contributed by atoms with E-state index in [2.05, 4.69) is 15.1 Å². The number of nitrogens with zero attached hydrogens (tertiary/aromatic N) is 2. The Balaban J connectivity index is 0.00000112. The van der Waals surface area contributed by atoms with E-state index in [1.54, 1.807) is 6.20 Å². The first-order valence-corrected chi connectivity index (χ1v) is 4.18. The van der Waals surface area contributed by atoms with E-state index in [9.17, 15) is 0 Å². The zero-order chi connectivity index (χ0) is 9.80. The van der Waals surface area contributed by atoms with Crippen LogP contribution in [0.5, 0.6) is 0 Å². The van der Waals surface area contributed by atoms with Gasteiger partial charge in [0, 0.05) is 5.56 Å². The molecule has 4 nitrogen and oxygen atoms in total. The second-order valence-electron chi connectivity index (χ2n) is 2.80. The first kappa shape index (κ1) is 11.3. The van der Waals surface area contributed by atoms with Gasteiger partial charge in [-0.05, 0) is 0 Å². The molecular formula is C10H9ClN3O-. The van der Waals surface area contributed by atoms with Crippen molar-refractivity contribution in [3.8, 4) is 11.4 Å². The summed E-state index contributed by atoms with van der Waals surface area (Å²) in [5.41, 5.74) is 1.68. The summed E-state index contributed by atoms with van der Waals surface area (Å²) in [5, 5.41) is 11.2. The largest absolute Gasteiger partial charge is 1.00 e. The third kappa shape index (κ3) is 2.57. The second kappa shape index (κ2) is 5.17. The van der Waals surface area contributed by atoms with E-state index < -0.39 is 0 Å². The molecular weight excluding hydrogens is 214 g/mol. The van der Waals surface area contributed by atoms with Crippen LogP contribution in [0.15, 0.2) is 41.7 Å². The van der Waals surface area contributed by atoms with E-state index in [1.807, 2.05) is 30.3 Å². The van der Waals surface area contributed by atoms with Crippen LogP contribution in [0.4, 0.5) is 0 Å². The first-order chi connectivity index (χ1) is 6.90. The SMILES string of the molecule is O/N=C/c1cnc(-c2ccccc2)[nH]1.[Cl-]. The molecule has 2 rings (SSSR count). The van der Waals surface area contributed by atoms with E-state index in [-0.39, 0.29) is 12.4 Å². The highest BCUT2D eigenvalue weighted by molar-refractivity contribution is 5.77. The highest BCUT2D eigenvalue weighted by atomic mass is 35.5. The number of aromatic amines is 1. The van der Waals surface area contributed by atoms with Crippen molar-refractivity contribution in [2.75, 3.05) is 0 Å². The first-order valence-electron chi connectivity index (χ1n) is 4.18. The second-order valence-corrected chi connectivity index (χ2v) is 2.80. The summed E-state index contributed by atoms with van der Waals surface area (Å²) in [6.45, 7) is 0. The highest BCUT2D eigenvalue weighted by Gasteiger charge is 2.00. The molecule has 1 heterocycles. The summed E-state index contributed by atoms with van der Waals surface area (Å²) < 4.78 is 0. The lowest BCUT2D eigenvalue weighted by Crippen LogP contribution is -3.00. The van der Waals surface area contributed by atoms with Crippen molar-refractivity contribution < 1.29 is 17.6 Å². The molecule has 1 aromatic heterocycles. The molecule has 1 aromatic carbocycles. The normalized spacial score (nSPS) is 10.1. The predicted molar refractivity (Wildman–Crippen MR) is 53.4 cm³/mol. The minimum Gasteiger partial charge on any atom is -1.00 e. The van der Waals surface area contributed by atoms with Gasteiger partial charge in [0.15, 0.2) is 0 Å². The summed E-state index contributed by atoms with van der Waals surface area (Å²) in [5.74, 6) is 0.764. The number of aromatic nitrogens is 2. The lowest BCUT2D eigenvalue weighted by atomic mass is 10.2. The maximum absolute atomic E-state index is 8.32. The fourth-order valence-electron chi connectivity index (χ4n) is 1.21. The minimum absolute atomic E-state index is 0. The Hall–Kier alpha value is -1.81. The topological polar surface area (TPSA) is 61.3 Å². The van der Waals surface area contributed by atoms with Crippen molar-refractivity contribution in [1.82, 2.24) is 9.97 Å². The lowest BCUT2D eigenvalue weighted by molar-refractivity contribution is -0.00000377. The average molecular weight is 223 g/mol. The van der Waals surface area contributed by atoms with Gasteiger partial charge >= 0.3 is 0 Å². The van der Waals surface area contributed by atoms with Crippen molar-refractivity contribution >= 4 is 6.21 Å². The molecule has 0 amide bonds. The minimum atomic E-state index is 0. The molecule has 2 N–H and O–H groups in total. The molecule has 78 valence electrons. The highest BCUT2D eigenvalue weighted by Crippen LogP contribution is 2.13. The van der Waals surface area contributed by atoms with Gasteiger partial charge in [-0.2, -0.15) is 0 Å². The maximum atomic E-state index is 8.32. The number of halogens is 1. The number of H-pyrrole nitrogens is 1. The Morgan fingerprint density at radius 2 is 2.00 bits per heavy atom. The zero-order valence-electron chi connectivity index (χ0n) is 7.76. The summed E-state index contributed by atoms with van der Waals surface area (Å²) in [4.78, 5) is 7.16. The van der Waals surface area contributed by atoms with Crippen LogP contribution in [-0.2, 0) is 0 Å². The van der Waals surface area contributed by atoms with Gasteiger partial charge in [0.25, 0.3) is 0 Å². The Morgan fingerprint density at radius 3 is 2.67 bits per heavy atom. The summed E-state index contributed by atoms with van der Waals surface area (Å²) in [7, 11) is 0. The number of imidazole rings is 1. The van der Waals surface area contributed by atoms with Gasteiger partial charge < -0.3 is 22.6 Å². The van der Waals surface area contributed by atoms with E-state index in [4.69, 9.17) is 5.21 Å². The molecule has 0 saturated carbocycles. The number of benzene rings is 1. The van der Waals surface area contributed by atoms with Crippen LogP contribution in [0.3, 0.4) is 0 Å². The molecule has 0 aliphatic rings. The summed E-state index contributed by atoms with van der Waals surface area (Å²) in [6, 6.07) is 9.75. The quantitative estimate of drug-likeness (QED) is 0.385. The zero-order valence-corrected chi connectivity index (χ0v) is 8.52. The fourth-order valence-corrected chi connectivity index (χ4v) is 1.21. The Morgan fingerprint density at radius 1 is 1.27 bits per heavy atom. The number of rotatable bonds is 2. The van der Waals surface area contributed by atoms with Gasteiger partial charge in [0.2, 0.25) is 0 Å². The van der Waals surface area contributed by atoms with Crippen LogP contribution in [0.25, 0.3) is 11.4 Å². The molecule has 5 heteroatoms. The molecule has 0 bridgehead atoms. The van der Waals surface area contributed by atoms with Gasteiger partial charge in [0.05, 0.1) is 18.1 Å². The third-order valence-electron chi connectivity index (χ3n) is 1.84. The fraction of sp³-hybridized carbons (Fsp3) is 0. The van der Waals surface area contributed by atoms with Crippen LogP contribution >= 0.6 is 0 Å². The maximum Gasteiger partial charge on any atom is 0.137 e. The number of hydrogen-bond acceptors (Lipinski definition) is 3. The Kier molecular flexibility index (Phi) is 3.88. The van der Waals surface area contributed by atoms with Gasteiger partial charge in [-0.3, -0.25) is 0 Å². The molecule has 2 aromatic rings. The predicted octanol–water partition coefficient (Wildman–Crippen LogP) is -1.11. The van der Waals surface area contributed by atoms with E-state index in [0.717, 1.165) is 11.4 Å². The van der Waals surface area contributed by atoms with Crippen LogP contribution < -0.4 is 12.4 Å². The molecule has 0 unspecified atom stereocenters. The van der Waals surface area contributed by atoms with E-state index >= 15 is 0 Å². The monoisotopic (exact) mass is 222 g/mol. The molecule has 0 atom stereocenters. The molecule has 0 aliphatic carbocycles.